The minimum Gasteiger partial charge on any atom is -0.326 e. The van der Waals surface area contributed by atoms with E-state index in [1.54, 1.807) is 0 Å². The monoisotopic (exact) mass is 247 g/mol. The van der Waals surface area contributed by atoms with Crippen LogP contribution in [-0.2, 0) is 6.54 Å². The number of fused-ring (bicyclic) bond motifs is 1. The Hall–Kier alpha value is -1.00. The molecule has 90 valence electrons. The minimum absolute atomic E-state index is 0.555. The van der Waals surface area contributed by atoms with Crippen molar-refractivity contribution >= 4 is 17.3 Å². The Kier molecular flexibility index (Phi) is 3.07. The van der Waals surface area contributed by atoms with E-state index in [-0.39, 0.29) is 0 Å². The number of nitrogens with zero attached hydrogens (tertiary/aromatic N) is 2. The number of pyridine rings is 1. The molecule has 3 rings (SSSR count). The van der Waals surface area contributed by atoms with Crippen molar-refractivity contribution in [2.75, 3.05) is 5.75 Å². The minimum atomic E-state index is 0.555. The van der Waals surface area contributed by atoms with Gasteiger partial charge in [0.15, 0.2) is 0 Å². The zero-order valence-corrected chi connectivity index (χ0v) is 10.6. The Labute approximate surface area is 105 Å². The van der Waals surface area contributed by atoms with Gasteiger partial charge < -0.3 is 10.1 Å². The maximum atomic E-state index is 5.70. The van der Waals surface area contributed by atoms with Crippen molar-refractivity contribution in [3.63, 3.8) is 0 Å². The summed E-state index contributed by atoms with van der Waals surface area (Å²) in [5.41, 5.74) is 8.03. The van der Waals surface area contributed by atoms with Gasteiger partial charge in [-0.05, 0) is 30.2 Å². The van der Waals surface area contributed by atoms with Crippen LogP contribution >= 0.6 is 11.8 Å². The molecule has 3 heterocycles. The van der Waals surface area contributed by atoms with E-state index in [9.17, 15) is 0 Å². The molecule has 1 saturated heterocycles. The number of hydrogen-bond acceptors (Lipinski definition) is 3. The van der Waals surface area contributed by atoms with Crippen LogP contribution in [-0.4, -0.2) is 15.1 Å². The zero-order chi connectivity index (χ0) is 11.7. The smallest absolute Gasteiger partial charge is 0.126 e. The topological polar surface area (TPSA) is 43.3 Å². The third-order valence-corrected chi connectivity index (χ3v) is 4.69. The summed E-state index contributed by atoms with van der Waals surface area (Å²) in [6, 6.07) is 4.18. The van der Waals surface area contributed by atoms with Gasteiger partial charge in [-0.1, -0.05) is 12.5 Å². The molecule has 2 aromatic heterocycles. The third kappa shape index (κ3) is 2.07. The van der Waals surface area contributed by atoms with Crippen LogP contribution in [0.3, 0.4) is 0 Å². The van der Waals surface area contributed by atoms with Gasteiger partial charge in [-0.2, -0.15) is 11.8 Å². The Morgan fingerprint density at radius 3 is 3.12 bits per heavy atom. The first-order valence-electron chi connectivity index (χ1n) is 6.16. The molecule has 1 fully saturated rings. The van der Waals surface area contributed by atoms with Crippen LogP contribution in [0.15, 0.2) is 24.5 Å². The SMILES string of the molecule is NCc1ccc2cnc(C3CCCCS3)n2c1. The number of hydrogen-bond donors (Lipinski definition) is 1. The molecular weight excluding hydrogens is 230 g/mol. The molecule has 0 radical (unpaired) electrons. The summed E-state index contributed by atoms with van der Waals surface area (Å²) in [4.78, 5) is 4.60. The lowest BCUT2D eigenvalue weighted by atomic mass is 10.2. The van der Waals surface area contributed by atoms with Gasteiger partial charge >= 0.3 is 0 Å². The first-order chi connectivity index (χ1) is 8.38. The van der Waals surface area contributed by atoms with Crippen molar-refractivity contribution in [2.45, 2.75) is 31.1 Å². The second kappa shape index (κ2) is 4.70. The molecule has 4 heteroatoms. The molecule has 1 unspecified atom stereocenters. The van der Waals surface area contributed by atoms with Crippen molar-refractivity contribution in [3.8, 4) is 0 Å². The van der Waals surface area contributed by atoms with Gasteiger partial charge in [0.1, 0.15) is 5.82 Å². The fourth-order valence-corrected chi connectivity index (χ4v) is 3.67. The van der Waals surface area contributed by atoms with E-state index in [4.69, 9.17) is 5.73 Å². The van der Waals surface area contributed by atoms with Crippen molar-refractivity contribution in [3.05, 3.63) is 35.9 Å². The summed E-state index contributed by atoms with van der Waals surface area (Å²) < 4.78 is 2.21. The van der Waals surface area contributed by atoms with Crippen LogP contribution in [0.4, 0.5) is 0 Å². The van der Waals surface area contributed by atoms with E-state index < -0.39 is 0 Å². The van der Waals surface area contributed by atoms with Crippen LogP contribution < -0.4 is 5.73 Å². The molecule has 0 saturated carbocycles. The van der Waals surface area contributed by atoms with Crippen LogP contribution in [0, 0.1) is 0 Å². The molecule has 2 aromatic rings. The molecule has 1 atom stereocenters. The first kappa shape index (κ1) is 11.1. The van der Waals surface area contributed by atoms with Crippen LogP contribution in [0.5, 0.6) is 0 Å². The van der Waals surface area contributed by atoms with Crippen molar-refractivity contribution < 1.29 is 0 Å². The van der Waals surface area contributed by atoms with E-state index in [1.807, 2.05) is 18.0 Å². The van der Waals surface area contributed by atoms with E-state index in [0.29, 0.717) is 11.8 Å². The quantitative estimate of drug-likeness (QED) is 0.887. The first-order valence-corrected chi connectivity index (χ1v) is 7.21. The summed E-state index contributed by atoms with van der Waals surface area (Å²) in [5.74, 6) is 2.45. The summed E-state index contributed by atoms with van der Waals surface area (Å²) >= 11 is 2.03. The maximum absolute atomic E-state index is 5.70. The van der Waals surface area contributed by atoms with Crippen molar-refractivity contribution in [1.29, 1.82) is 0 Å². The molecule has 1 aliphatic rings. The lowest BCUT2D eigenvalue weighted by Gasteiger charge is -2.20. The van der Waals surface area contributed by atoms with Crippen molar-refractivity contribution in [2.24, 2.45) is 5.73 Å². The molecule has 3 nitrogen and oxygen atoms in total. The molecule has 0 aliphatic carbocycles. The predicted molar refractivity (Wildman–Crippen MR) is 72.1 cm³/mol. The lowest BCUT2D eigenvalue weighted by molar-refractivity contribution is 0.660. The van der Waals surface area contributed by atoms with E-state index >= 15 is 0 Å². The normalized spacial score (nSPS) is 20.9. The van der Waals surface area contributed by atoms with Gasteiger partial charge in [0.2, 0.25) is 0 Å². The van der Waals surface area contributed by atoms with Gasteiger partial charge in [-0.3, -0.25) is 0 Å². The molecule has 0 aromatic carbocycles. The second-order valence-corrected chi connectivity index (χ2v) is 5.82. The third-order valence-electron chi connectivity index (χ3n) is 3.32. The summed E-state index contributed by atoms with van der Waals surface area (Å²) in [6.07, 6.45) is 8.01. The summed E-state index contributed by atoms with van der Waals surface area (Å²) in [5, 5.41) is 0.555. The number of imidazole rings is 1. The molecule has 17 heavy (non-hydrogen) atoms. The molecule has 0 bridgehead atoms. The summed E-state index contributed by atoms with van der Waals surface area (Å²) in [7, 11) is 0. The van der Waals surface area contributed by atoms with E-state index in [1.165, 1.54) is 36.4 Å². The van der Waals surface area contributed by atoms with E-state index in [2.05, 4.69) is 27.7 Å². The largest absolute Gasteiger partial charge is 0.326 e. The van der Waals surface area contributed by atoms with Crippen LogP contribution in [0.1, 0.15) is 35.9 Å². The van der Waals surface area contributed by atoms with Gasteiger partial charge in [-0.25, -0.2) is 4.98 Å². The molecule has 2 N–H and O–H groups in total. The number of rotatable bonds is 2. The Morgan fingerprint density at radius 2 is 2.35 bits per heavy atom. The highest BCUT2D eigenvalue weighted by Gasteiger charge is 2.20. The van der Waals surface area contributed by atoms with Crippen LogP contribution in [0.25, 0.3) is 5.52 Å². The molecule has 0 spiro atoms. The lowest BCUT2D eigenvalue weighted by Crippen LogP contribution is -2.07. The fraction of sp³-hybridized carbons (Fsp3) is 0.462. The number of aromatic nitrogens is 2. The van der Waals surface area contributed by atoms with Gasteiger partial charge in [0, 0.05) is 12.7 Å². The average Bonchev–Trinajstić information content (AvgIpc) is 2.82. The molecule has 1 aliphatic heterocycles. The zero-order valence-electron chi connectivity index (χ0n) is 9.80. The van der Waals surface area contributed by atoms with E-state index in [0.717, 1.165) is 5.56 Å². The molecular formula is C13H17N3S. The second-order valence-electron chi connectivity index (χ2n) is 4.51. The fourth-order valence-electron chi connectivity index (χ4n) is 2.36. The Bertz CT molecular complexity index is 514. The maximum Gasteiger partial charge on any atom is 0.126 e. The highest BCUT2D eigenvalue weighted by molar-refractivity contribution is 7.99. The summed E-state index contributed by atoms with van der Waals surface area (Å²) in [6.45, 7) is 0.589. The van der Waals surface area contributed by atoms with Gasteiger partial charge in [0.05, 0.1) is 17.0 Å². The Balaban J connectivity index is 2.02. The average molecular weight is 247 g/mol. The predicted octanol–water partition coefficient (Wildman–Crippen LogP) is 2.75. The number of nitrogens with two attached hydrogens (primary N) is 1. The Morgan fingerprint density at radius 1 is 1.41 bits per heavy atom. The van der Waals surface area contributed by atoms with Crippen LogP contribution in [0.2, 0.25) is 0 Å². The van der Waals surface area contributed by atoms with Gasteiger partial charge in [0.25, 0.3) is 0 Å². The van der Waals surface area contributed by atoms with Gasteiger partial charge in [-0.15, -0.1) is 0 Å². The highest BCUT2D eigenvalue weighted by atomic mass is 32.2. The molecule has 0 amide bonds. The highest BCUT2D eigenvalue weighted by Crippen LogP contribution is 2.37. The number of thioether (sulfide) groups is 1. The van der Waals surface area contributed by atoms with Crippen molar-refractivity contribution in [1.82, 2.24) is 9.38 Å². The standard InChI is InChI=1S/C13H17N3S/c14-7-10-4-5-11-8-15-13(16(11)9-10)12-3-1-2-6-17-12/h4-5,8-9,12H,1-3,6-7,14H2.